The first-order valence-corrected chi connectivity index (χ1v) is 12.1. The molecule has 2 heterocycles. The molecule has 1 aliphatic carbocycles. The van der Waals surface area contributed by atoms with Crippen molar-refractivity contribution in [3.05, 3.63) is 46.6 Å². The third-order valence-electron chi connectivity index (χ3n) is 6.51. The van der Waals surface area contributed by atoms with E-state index >= 15 is 0 Å². The van der Waals surface area contributed by atoms with E-state index in [9.17, 15) is 13.2 Å². The van der Waals surface area contributed by atoms with Gasteiger partial charge in [0.1, 0.15) is 5.82 Å². The van der Waals surface area contributed by atoms with Crippen LogP contribution >= 0.6 is 23.8 Å². The minimum absolute atomic E-state index is 0.107. The van der Waals surface area contributed by atoms with Crippen molar-refractivity contribution in [2.45, 2.75) is 56.5 Å². The van der Waals surface area contributed by atoms with Gasteiger partial charge in [0.2, 0.25) is 5.95 Å². The van der Waals surface area contributed by atoms with Gasteiger partial charge in [-0.05, 0) is 55.6 Å². The van der Waals surface area contributed by atoms with Crippen LogP contribution in [0.4, 0.5) is 24.9 Å². The number of thiocarbonyl (C=S) groups is 1. The van der Waals surface area contributed by atoms with Gasteiger partial charge in [-0.15, -0.1) is 0 Å². The van der Waals surface area contributed by atoms with Crippen molar-refractivity contribution < 1.29 is 13.2 Å². The molecule has 2 aromatic rings. The van der Waals surface area contributed by atoms with Crippen molar-refractivity contribution >= 4 is 40.7 Å². The zero-order valence-corrected chi connectivity index (χ0v) is 19.8. The molecule has 4 rings (SSSR count). The second-order valence-corrected chi connectivity index (χ2v) is 9.63. The lowest BCUT2D eigenvalue weighted by Crippen LogP contribution is -2.43. The minimum atomic E-state index is -4.57. The van der Waals surface area contributed by atoms with Gasteiger partial charge in [0.05, 0.1) is 0 Å². The van der Waals surface area contributed by atoms with Gasteiger partial charge in [0.25, 0.3) is 0 Å². The predicted molar refractivity (Wildman–Crippen MR) is 129 cm³/mol. The van der Waals surface area contributed by atoms with Crippen molar-refractivity contribution in [3.8, 4) is 0 Å². The molecule has 5 nitrogen and oxygen atoms in total. The maximum atomic E-state index is 13.4. The Morgan fingerprint density at radius 2 is 1.70 bits per heavy atom. The Labute approximate surface area is 202 Å². The van der Waals surface area contributed by atoms with E-state index in [-0.39, 0.29) is 22.3 Å². The van der Waals surface area contributed by atoms with E-state index in [1.807, 2.05) is 29.2 Å². The number of alkyl halides is 3. The third kappa shape index (κ3) is 5.87. The van der Waals surface area contributed by atoms with E-state index in [4.69, 9.17) is 23.8 Å². The van der Waals surface area contributed by atoms with Crippen LogP contribution < -0.4 is 15.5 Å². The molecule has 0 unspecified atom stereocenters. The summed E-state index contributed by atoms with van der Waals surface area (Å²) in [6.45, 7) is 1.93. The van der Waals surface area contributed by atoms with Gasteiger partial charge in [0, 0.05) is 36.1 Å². The highest BCUT2D eigenvalue weighted by molar-refractivity contribution is 7.80. The van der Waals surface area contributed by atoms with Crippen molar-refractivity contribution in [3.63, 3.8) is 0 Å². The number of nitrogens with zero attached hydrogens (tertiary/aromatic N) is 3. The average Bonchev–Trinajstić information content (AvgIpc) is 3.33. The minimum Gasteiger partial charge on any atom is -0.361 e. The standard InChI is InChI=1S/C23H27ClF3N5S/c24-17-8-6-16(7-9-17)22(10-2-1-3-11-22)15-28-21(33)31-20-29-18(23(25,26)27)14-19(30-20)32-12-4-5-13-32/h6-9,14H,1-5,10-13,15H2,(H2,28,29,30,31,33). The second kappa shape index (κ2) is 10.0. The lowest BCUT2D eigenvalue weighted by molar-refractivity contribution is -0.141. The molecule has 1 aromatic heterocycles. The van der Waals surface area contributed by atoms with Crippen LogP contribution in [0.2, 0.25) is 5.02 Å². The van der Waals surface area contributed by atoms with Crippen molar-refractivity contribution in [2.24, 2.45) is 0 Å². The molecule has 0 spiro atoms. The molecular weight excluding hydrogens is 471 g/mol. The second-order valence-electron chi connectivity index (χ2n) is 8.78. The average molecular weight is 498 g/mol. The number of rotatable bonds is 5. The zero-order valence-electron chi connectivity index (χ0n) is 18.2. The zero-order chi connectivity index (χ0) is 23.5. The summed E-state index contributed by atoms with van der Waals surface area (Å²) in [7, 11) is 0. The lowest BCUT2D eigenvalue weighted by Gasteiger charge is -2.38. The first kappa shape index (κ1) is 24.0. The largest absolute Gasteiger partial charge is 0.433 e. The smallest absolute Gasteiger partial charge is 0.361 e. The van der Waals surface area contributed by atoms with Gasteiger partial charge in [-0.1, -0.05) is 43.0 Å². The van der Waals surface area contributed by atoms with Crippen LogP contribution in [0.3, 0.4) is 0 Å². The Bertz CT molecular complexity index is 971. The molecule has 1 saturated carbocycles. The Morgan fingerprint density at radius 3 is 2.33 bits per heavy atom. The number of hydrogen-bond acceptors (Lipinski definition) is 4. The quantitative estimate of drug-likeness (QED) is 0.499. The van der Waals surface area contributed by atoms with E-state index in [1.165, 1.54) is 12.0 Å². The van der Waals surface area contributed by atoms with Gasteiger partial charge in [-0.25, -0.2) is 4.98 Å². The molecule has 10 heteroatoms. The van der Waals surface area contributed by atoms with Gasteiger partial charge in [-0.2, -0.15) is 18.2 Å². The molecule has 1 saturated heterocycles. The van der Waals surface area contributed by atoms with Crippen LogP contribution in [0.15, 0.2) is 30.3 Å². The van der Waals surface area contributed by atoms with Gasteiger partial charge in [0.15, 0.2) is 10.8 Å². The van der Waals surface area contributed by atoms with Crippen molar-refractivity contribution in [1.82, 2.24) is 15.3 Å². The molecule has 1 aromatic carbocycles. The third-order valence-corrected chi connectivity index (χ3v) is 7.01. The van der Waals surface area contributed by atoms with E-state index in [1.54, 1.807) is 0 Å². The SMILES string of the molecule is FC(F)(F)c1cc(N2CCCC2)nc(NC(=S)NCC2(c3ccc(Cl)cc3)CCCCC2)n1. The normalized spacial score (nSPS) is 18.2. The van der Waals surface area contributed by atoms with E-state index in [2.05, 4.69) is 20.6 Å². The van der Waals surface area contributed by atoms with Gasteiger partial charge < -0.3 is 15.5 Å². The molecule has 0 atom stereocenters. The summed E-state index contributed by atoms with van der Waals surface area (Å²) in [5.74, 6) is 0.124. The molecule has 2 fully saturated rings. The number of anilines is 2. The van der Waals surface area contributed by atoms with Crippen molar-refractivity contribution in [2.75, 3.05) is 29.9 Å². The molecule has 33 heavy (non-hydrogen) atoms. The Morgan fingerprint density at radius 1 is 1.03 bits per heavy atom. The Kier molecular flexibility index (Phi) is 7.28. The Balaban J connectivity index is 1.49. The van der Waals surface area contributed by atoms with Crippen molar-refractivity contribution in [1.29, 1.82) is 0 Å². The monoisotopic (exact) mass is 497 g/mol. The molecule has 178 valence electrons. The first-order chi connectivity index (χ1) is 15.7. The fourth-order valence-corrected chi connectivity index (χ4v) is 5.03. The van der Waals surface area contributed by atoms with Crippen LogP contribution in [-0.4, -0.2) is 34.7 Å². The highest BCUT2D eigenvalue weighted by atomic mass is 35.5. The molecule has 0 bridgehead atoms. The van der Waals surface area contributed by atoms with Crippen LogP contribution in [-0.2, 0) is 11.6 Å². The number of halogens is 4. The molecule has 1 aliphatic heterocycles. The lowest BCUT2D eigenvalue weighted by atomic mass is 9.69. The molecule has 0 radical (unpaired) electrons. The van der Waals surface area contributed by atoms with Crippen LogP contribution in [0, 0.1) is 0 Å². The van der Waals surface area contributed by atoms with Gasteiger partial charge >= 0.3 is 6.18 Å². The summed E-state index contributed by atoms with van der Waals surface area (Å²) in [6.07, 6.45) is 2.72. The summed E-state index contributed by atoms with van der Waals surface area (Å²) in [6, 6.07) is 8.87. The predicted octanol–water partition coefficient (Wildman–Crippen LogP) is 5.94. The number of aromatic nitrogens is 2. The topological polar surface area (TPSA) is 53.1 Å². The maximum Gasteiger partial charge on any atom is 0.433 e. The molecule has 2 aliphatic rings. The molecular formula is C23H27ClF3N5S. The number of nitrogens with one attached hydrogen (secondary N) is 2. The summed E-state index contributed by atoms with van der Waals surface area (Å²) in [5, 5.41) is 6.89. The first-order valence-electron chi connectivity index (χ1n) is 11.3. The van der Waals surface area contributed by atoms with E-state index < -0.39 is 11.9 Å². The molecule has 0 amide bonds. The summed E-state index contributed by atoms with van der Waals surface area (Å²) in [5.41, 5.74) is 0.104. The summed E-state index contributed by atoms with van der Waals surface area (Å²) in [4.78, 5) is 9.83. The highest BCUT2D eigenvalue weighted by Crippen LogP contribution is 2.39. The Hall–Kier alpha value is -2.13. The maximum absolute atomic E-state index is 13.4. The van der Waals surface area contributed by atoms with Crippen LogP contribution in [0.25, 0.3) is 0 Å². The van der Waals surface area contributed by atoms with Gasteiger partial charge in [-0.3, -0.25) is 0 Å². The molecule has 2 N–H and O–H groups in total. The fraction of sp³-hybridized carbons (Fsp3) is 0.522. The van der Waals surface area contributed by atoms with Crippen LogP contribution in [0.5, 0.6) is 0 Å². The van der Waals surface area contributed by atoms with Crippen LogP contribution in [0.1, 0.15) is 56.2 Å². The summed E-state index contributed by atoms with van der Waals surface area (Å²) < 4.78 is 40.3. The fourth-order valence-electron chi connectivity index (χ4n) is 4.74. The number of hydrogen-bond donors (Lipinski definition) is 2. The highest BCUT2D eigenvalue weighted by Gasteiger charge is 2.35. The van der Waals surface area contributed by atoms with E-state index in [0.29, 0.717) is 24.7 Å². The van der Waals surface area contributed by atoms with E-state index in [0.717, 1.165) is 44.6 Å². The summed E-state index contributed by atoms with van der Waals surface area (Å²) >= 11 is 11.5. The number of benzene rings is 1.